The van der Waals surface area contributed by atoms with Gasteiger partial charge >= 0.3 is 11.9 Å². The number of ether oxygens (including phenoxy) is 5. The fourth-order valence-corrected chi connectivity index (χ4v) is 5.92. The van der Waals surface area contributed by atoms with Gasteiger partial charge in [0.15, 0.2) is 0 Å². The van der Waals surface area contributed by atoms with Crippen LogP contribution in [-0.2, 0) is 15.0 Å². The number of phenols is 1. The van der Waals surface area contributed by atoms with Gasteiger partial charge in [0.2, 0.25) is 0 Å². The Morgan fingerprint density at radius 3 is 1.45 bits per heavy atom. The number of phenolic OH excluding ortho intramolecular Hbond substituents is 1. The Morgan fingerprint density at radius 1 is 0.569 bits per heavy atom. The highest BCUT2D eigenvalue weighted by Gasteiger charge is 2.35. The van der Waals surface area contributed by atoms with Gasteiger partial charge < -0.3 is 28.8 Å². The first-order valence-electron chi connectivity index (χ1n) is 16.9. The van der Waals surface area contributed by atoms with E-state index in [0.717, 1.165) is 29.9 Å². The number of esters is 2. The van der Waals surface area contributed by atoms with Crippen LogP contribution in [0.1, 0.15) is 64.1 Å². The van der Waals surface area contributed by atoms with Gasteiger partial charge in [0, 0.05) is 26.8 Å². The standard InChI is InChI=1S/C21H24O3.C13H12O3.C9H10O2.H2/c1-16(22)24-20-12-8-18(9-13-20)21(14-4-3-5-15-21)17-6-10-19(23-2)11-7-17;1-15-11-5-7-12(8-6-11)16-13-4-2-3-10(14)9-13;1-7-3-5-9(6-4-7)11-8(2)10;/h6-13H,3-5,14-15H2,1-2H3;2-9,14H,1H3;3-6H,1-2H3;1H. The van der Waals surface area contributed by atoms with Gasteiger partial charge in [-0.2, -0.15) is 0 Å². The molecular weight excluding hydrogens is 644 g/mol. The number of benzene rings is 5. The number of aromatic hydroxyl groups is 1. The monoisotopic (exact) mass is 692 g/mol. The molecule has 0 spiro atoms. The molecule has 5 aromatic carbocycles. The number of carbonyl (C=O) groups excluding carboxylic acids is 2. The fraction of sp³-hybridized carbons (Fsp3) is 0.256. The number of aryl methyl sites for hydroxylation is 1. The quantitative estimate of drug-likeness (QED) is 0.127. The lowest BCUT2D eigenvalue weighted by atomic mass is 9.65. The van der Waals surface area contributed by atoms with E-state index in [-0.39, 0.29) is 24.5 Å². The molecule has 1 aliphatic carbocycles. The highest BCUT2D eigenvalue weighted by Crippen LogP contribution is 2.45. The normalized spacial score (nSPS) is 12.8. The van der Waals surface area contributed by atoms with Crippen LogP contribution in [0, 0.1) is 6.92 Å². The third-order valence-electron chi connectivity index (χ3n) is 8.41. The molecule has 1 aliphatic rings. The predicted octanol–water partition coefficient (Wildman–Crippen LogP) is 10.2. The maximum absolute atomic E-state index is 11.1. The third kappa shape index (κ3) is 11.7. The zero-order valence-corrected chi connectivity index (χ0v) is 29.9. The van der Waals surface area contributed by atoms with Crippen molar-refractivity contribution in [2.24, 2.45) is 0 Å². The van der Waals surface area contributed by atoms with Crippen LogP contribution in [0.25, 0.3) is 0 Å². The average Bonchev–Trinajstić information content (AvgIpc) is 3.14. The second-order valence-electron chi connectivity index (χ2n) is 12.2. The van der Waals surface area contributed by atoms with Crippen LogP contribution in [0.4, 0.5) is 0 Å². The Hall–Kier alpha value is -5.76. The Balaban J connectivity index is 0.000000225. The first-order valence-corrected chi connectivity index (χ1v) is 16.9. The van der Waals surface area contributed by atoms with Crippen LogP contribution in [0.15, 0.2) is 121 Å². The lowest BCUT2D eigenvalue weighted by Gasteiger charge is -2.38. The molecular formula is C43H48O8. The van der Waals surface area contributed by atoms with Crippen molar-refractivity contribution in [3.63, 3.8) is 0 Å². The molecule has 6 rings (SSSR count). The van der Waals surface area contributed by atoms with Gasteiger partial charge in [0.05, 0.1) is 14.2 Å². The molecule has 0 aromatic heterocycles. The largest absolute Gasteiger partial charge is 0.508 e. The summed E-state index contributed by atoms with van der Waals surface area (Å²) in [5.41, 5.74) is 3.83. The Labute approximate surface area is 302 Å². The lowest BCUT2D eigenvalue weighted by Crippen LogP contribution is -2.30. The van der Waals surface area contributed by atoms with Crippen molar-refractivity contribution in [1.29, 1.82) is 0 Å². The van der Waals surface area contributed by atoms with Crippen molar-refractivity contribution >= 4 is 11.9 Å². The zero-order valence-electron chi connectivity index (χ0n) is 29.9. The van der Waals surface area contributed by atoms with E-state index in [1.54, 1.807) is 50.6 Å². The molecule has 0 radical (unpaired) electrons. The van der Waals surface area contributed by atoms with Crippen LogP contribution in [0.5, 0.6) is 40.2 Å². The molecule has 5 aromatic rings. The van der Waals surface area contributed by atoms with Crippen LogP contribution in [-0.4, -0.2) is 31.3 Å². The number of methoxy groups -OCH3 is 2. The molecule has 8 heteroatoms. The highest BCUT2D eigenvalue weighted by atomic mass is 16.5. The van der Waals surface area contributed by atoms with Gasteiger partial charge in [0.1, 0.15) is 40.2 Å². The van der Waals surface area contributed by atoms with E-state index >= 15 is 0 Å². The maximum Gasteiger partial charge on any atom is 0.308 e. The SMILES string of the molecule is CC(=O)Oc1ccc(C)cc1.COc1ccc(C2(c3ccc(OC(C)=O)cc3)CCCCC2)cc1.COc1ccc(Oc2cccc(O)c2)cc1.[HH]. The Kier molecular flexibility index (Phi) is 14.1. The molecule has 0 bridgehead atoms. The number of hydrogen-bond donors (Lipinski definition) is 1. The molecule has 1 N–H and O–H groups in total. The van der Waals surface area contributed by atoms with E-state index in [9.17, 15) is 14.7 Å². The molecule has 1 fully saturated rings. The molecule has 0 atom stereocenters. The molecule has 0 heterocycles. The minimum absolute atomic E-state index is 0. The molecule has 8 nitrogen and oxygen atoms in total. The van der Waals surface area contributed by atoms with Crippen LogP contribution >= 0.6 is 0 Å². The van der Waals surface area contributed by atoms with Crippen LogP contribution < -0.4 is 23.7 Å². The van der Waals surface area contributed by atoms with Gasteiger partial charge in [-0.3, -0.25) is 9.59 Å². The smallest absolute Gasteiger partial charge is 0.308 e. The Bertz CT molecular complexity index is 1810. The lowest BCUT2D eigenvalue weighted by molar-refractivity contribution is -0.132. The number of hydrogen-bond acceptors (Lipinski definition) is 8. The van der Waals surface area contributed by atoms with E-state index < -0.39 is 0 Å². The topological polar surface area (TPSA) is 101 Å². The summed E-state index contributed by atoms with van der Waals surface area (Å²) in [6.45, 7) is 4.80. The van der Waals surface area contributed by atoms with E-state index in [1.807, 2.05) is 67.6 Å². The summed E-state index contributed by atoms with van der Waals surface area (Å²) in [5, 5.41) is 9.27. The Morgan fingerprint density at radius 2 is 1.00 bits per heavy atom. The van der Waals surface area contributed by atoms with E-state index in [2.05, 4.69) is 24.3 Å². The molecule has 51 heavy (non-hydrogen) atoms. The summed E-state index contributed by atoms with van der Waals surface area (Å²) < 4.78 is 25.9. The van der Waals surface area contributed by atoms with Gasteiger partial charge in [-0.15, -0.1) is 0 Å². The fourth-order valence-electron chi connectivity index (χ4n) is 5.92. The van der Waals surface area contributed by atoms with E-state index in [0.29, 0.717) is 23.0 Å². The highest BCUT2D eigenvalue weighted by molar-refractivity contribution is 5.69. The zero-order chi connectivity index (χ0) is 36.6. The summed E-state index contributed by atoms with van der Waals surface area (Å²) in [6, 6.07) is 37.7. The molecule has 0 unspecified atom stereocenters. The van der Waals surface area contributed by atoms with Gasteiger partial charge in [-0.05, 0) is 104 Å². The summed E-state index contributed by atoms with van der Waals surface area (Å²) in [6.07, 6.45) is 6.05. The average molecular weight is 693 g/mol. The second kappa shape index (κ2) is 18.9. The van der Waals surface area contributed by atoms with Crippen molar-refractivity contribution in [3.8, 4) is 40.2 Å². The van der Waals surface area contributed by atoms with E-state index in [1.165, 1.54) is 44.2 Å². The third-order valence-corrected chi connectivity index (χ3v) is 8.41. The summed E-state index contributed by atoms with van der Waals surface area (Å²) in [7, 11) is 3.31. The first kappa shape index (κ1) is 38.0. The van der Waals surface area contributed by atoms with Crippen molar-refractivity contribution in [3.05, 3.63) is 138 Å². The molecule has 0 amide bonds. The summed E-state index contributed by atoms with van der Waals surface area (Å²) in [5.74, 6) is 3.79. The summed E-state index contributed by atoms with van der Waals surface area (Å²) >= 11 is 0. The maximum atomic E-state index is 11.1. The van der Waals surface area contributed by atoms with Crippen LogP contribution in [0.2, 0.25) is 0 Å². The van der Waals surface area contributed by atoms with Gasteiger partial charge in [0.25, 0.3) is 0 Å². The predicted molar refractivity (Wildman–Crippen MR) is 200 cm³/mol. The van der Waals surface area contributed by atoms with Crippen molar-refractivity contribution in [2.75, 3.05) is 14.2 Å². The van der Waals surface area contributed by atoms with Gasteiger partial charge in [-0.25, -0.2) is 0 Å². The van der Waals surface area contributed by atoms with Crippen molar-refractivity contribution < 1.29 is 39.8 Å². The minimum Gasteiger partial charge on any atom is -0.508 e. The molecule has 1 saturated carbocycles. The summed E-state index contributed by atoms with van der Waals surface area (Å²) in [4.78, 5) is 21.6. The minimum atomic E-state index is -0.287. The number of rotatable bonds is 8. The van der Waals surface area contributed by atoms with Crippen LogP contribution in [0.3, 0.4) is 0 Å². The van der Waals surface area contributed by atoms with Gasteiger partial charge in [-0.1, -0.05) is 67.3 Å². The van der Waals surface area contributed by atoms with Crippen molar-refractivity contribution in [1.82, 2.24) is 0 Å². The number of carbonyl (C=O) groups is 2. The second-order valence-corrected chi connectivity index (χ2v) is 12.2. The molecule has 268 valence electrons. The molecule has 0 saturated heterocycles. The van der Waals surface area contributed by atoms with E-state index in [4.69, 9.17) is 23.7 Å². The first-order chi connectivity index (χ1) is 24.6. The van der Waals surface area contributed by atoms with Crippen molar-refractivity contribution in [2.45, 2.75) is 58.3 Å². The molecule has 0 aliphatic heterocycles.